The van der Waals surface area contributed by atoms with Crippen molar-refractivity contribution >= 4 is 38.9 Å². The molecule has 342 valence electrons. The van der Waals surface area contributed by atoms with E-state index in [0.717, 1.165) is 17.1 Å². The number of nitrogens with zero attached hydrogens (tertiary/aromatic N) is 2. The van der Waals surface area contributed by atoms with E-state index in [2.05, 4.69) is 278 Å². The van der Waals surface area contributed by atoms with Crippen molar-refractivity contribution in [2.45, 2.75) is 30.1 Å². The molecule has 11 aromatic carbocycles. The zero-order valence-electron chi connectivity index (χ0n) is 40.6. The molecule has 2 nitrogen and oxygen atoms in total. The van der Waals surface area contributed by atoms with Crippen molar-refractivity contribution in [2.24, 2.45) is 0 Å². The standard InChI is InChI=1S/C71H48N2/c1-69(2)58-29-13-9-24-50(58)54-39-36-48(43-64(54)69)72(49-37-40-55-53-27-10-14-30-59(53)70(65(55)44-49,45-20-5-3-6-21-45)46-22-7-4-8-23-46)47-38-41-66-57(42-47)56-28-19-34-63-68(56)73(66)67-35-18-17-33-62(67)71(63)60-31-15-11-25-51(60)52-26-12-16-32-61(52)71/h3-44H,1-2H3. The number of anilines is 3. The number of para-hydroxylation sites is 2. The van der Waals surface area contributed by atoms with Crippen LogP contribution in [0.4, 0.5) is 17.1 Å². The third-order valence-corrected chi connectivity index (χ3v) is 17.5. The van der Waals surface area contributed by atoms with E-state index in [-0.39, 0.29) is 5.41 Å². The molecule has 16 rings (SSSR count). The van der Waals surface area contributed by atoms with E-state index in [9.17, 15) is 0 Å². The first-order chi connectivity index (χ1) is 36.0. The lowest BCUT2D eigenvalue weighted by Crippen LogP contribution is -2.33. The van der Waals surface area contributed by atoms with Crippen molar-refractivity contribution in [3.05, 3.63) is 310 Å². The Morgan fingerprint density at radius 3 is 1.36 bits per heavy atom. The maximum absolute atomic E-state index is 2.56. The molecule has 0 fully saturated rings. The predicted molar refractivity (Wildman–Crippen MR) is 301 cm³/mol. The van der Waals surface area contributed by atoms with Crippen LogP contribution >= 0.6 is 0 Å². The minimum absolute atomic E-state index is 0.174. The number of hydrogen-bond donors (Lipinski definition) is 0. The molecule has 12 aromatic rings. The molecule has 0 radical (unpaired) electrons. The highest BCUT2D eigenvalue weighted by atomic mass is 15.1. The number of hydrogen-bond acceptors (Lipinski definition) is 1. The van der Waals surface area contributed by atoms with Gasteiger partial charge in [-0.25, -0.2) is 0 Å². The molecule has 0 atom stereocenters. The van der Waals surface area contributed by atoms with Gasteiger partial charge in [0.2, 0.25) is 0 Å². The summed E-state index contributed by atoms with van der Waals surface area (Å²) < 4.78 is 2.56. The zero-order chi connectivity index (χ0) is 48.2. The van der Waals surface area contributed by atoms with Crippen LogP contribution in [0.1, 0.15) is 69.5 Å². The quantitative estimate of drug-likeness (QED) is 0.167. The molecule has 0 N–H and O–H groups in total. The summed E-state index contributed by atoms with van der Waals surface area (Å²) in [6, 6.07) is 96.5. The molecule has 2 heteroatoms. The van der Waals surface area contributed by atoms with Gasteiger partial charge in [0.1, 0.15) is 0 Å². The normalized spacial score (nSPS) is 15.0. The van der Waals surface area contributed by atoms with Crippen molar-refractivity contribution < 1.29 is 0 Å². The molecule has 0 saturated carbocycles. The minimum atomic E-state index is -0.540. The molecule has 1 aliphatic heterocycles. The van der Waals surface area contributed by atoms with Crippen molar-refractivity contribution in [2.75, 3.05) is 4.90 Å². The Morgan fingerprint density at radius 1 is 0.301 bits per heavy atom. The molecule has 0 saturated heterocycles. The lowest BCUT2D eigenvalue weighted by atomic mass is 9.65. The van der Waals surface area contributed by atoms with E-state index in [1.54, 1.807) is 0 Å². The van der Waals surface area contributed by atoms with Gasteiger partial charge in [-0.1, -0.05) is 220 Å². The number of rotatable bonds is 5. The summed E-state index contributed by atoms with van der Waals surface area (Å²) in [5, 5.41) is 2.49. The molecule has 0 amide bonds. The van der Waals surface area contributed by atoms with E-state index < -0.39 is 10.8 Å². The van der Waals surface area contributed by atoms with Gasteiger partial charge < -0.3 is 9.47 Å². The van der Waals surface area contributed by atoms with Crippen LogP contribution < -0.4 is 4.90 Å². The van der Waals surface area contributed by atoms with Gasteiger partial charge in [0, 0.05) is 33.2 Å². The van der Waals surface area contributed by atoms with E-state index in [1.165, 1.54) is 117 Å². The average molecular weight is 929 g/mol. The summed E-state index contributed by atoms with van der Waals surface area (Å²) in [6.07, 6.45) is 0. The Labute approximate surface area is 425 Å². The van der Waals surface area contributed by atoms with Gasteiger partial charge >= 0.3 is 0 Å². The monoisotopic (exact) mass is 928 g/mol. The third-order valence-electron chi connectivity index (χ3n) is 17.5. The maximum Gasteiger partial charge on any atom is 0.0754 e. The van der Waals surface area contributed by atoms with Crippen LogP contribution in [-0.2, 0) is 16.2 Å². The van der Waals surface area contributed by atoms with Crippen molar-refractivity contribution in [1.82, 2.24) is 4.57 Å². The SMILES string of the molecule is CC1(C)c2ccccc2-c2ccc(N(c3ccc4c(c3)C(c3ccccc3)(c3ccccc3)c3ccccc3-4)c3ccc4c(c3)c3cccc5c3n4-c3ccccc3C53c4ccccc4-c4ccccc43)cc21. The molecular formula is C71H48N2. The summed E-state index contributed by atoms with van der Waals surface area (Å²) in [6.45, 7) is 4.77. The van der Waals surface area contributed by atoms with Gasteiger partial charge in [0.05, 0.1) is 27.6 Å². The highest BCUT2D eigenvalue weighted by Gasteiger charge is 2.51. The van der Waals surface area contributed by atoms with Gasteiger partial charge in [0.25, 0.3) is 0 Å². The first-order valence-corrected chi connectivity index (χ1v) is 25.8. The lowest BCUT2D eigenvalue weighted by Gasteiger charge is -2.39. The largest absolute Gasteiger partial charge is 0.310 e. The fourth-order valence-electron chi connectivity index (χ4n) is 14.5. The van der Waals surface area contributed by atoms with Gasteiger partial charge in [-0.05, 0) is 138 Å². The lowest BCUT2D eigenvalue weighted by molar-refractivity contribution is 0.660. The molecule has 0 bridgehead atoms. The number of fused-ring (bicyclic) bond motifs is 18. The summed E-state index contributed by atoms with van der Waals surface area (Å²) >= 11 is 0. The van der Waals surface area contributed by atoms with Crippen LogP contribution in [0.15, 0.2) is 255 Å². The van der Waals surface area contributed by atoms with Crippen LogP contribution in [0.2, 0.25) is 0 Å². The van der Waals surface area contributed by atoms with Crippen LogP contribution in [0, 0.1) is 0 Å². The molecule has 2 heterocycles. The molecule has 73 heavy (non-hydrogen) atoms. The topological polar surface area (TPSA) is 8.17 Å². The fraction of sp³-hybridized carbons (Fsp3) is 0.0704. The van der Waals surface area contributed by atoms with E-state index in [0.29, 0.717) is 0 Å². The van der Waals surface area contributed by atoms with Crippen molar-refractivity contribution in [1.29, 1.82) is 0 Å². The van der Waals surface area contributed by atoms with Gasteiger partial charge in [-0.3, -0.25) is 0 Å². The van der Waals surface area contributed by atoms with Crippen LogP contribution in [0.25, 0.3) is 60.9 Å². The fourth-order valence-corrected chi connectivity index (χ4v) is 14.5. The summed E-state index contributed by atoms with van der Waals surface area (Å²) in [5.74, 6) is 0. The minimum Gasteiger partial charge on any atom is -0.310 e. The van der Waals surface area contributed by atoms with Gasteiger partial charge in [-0.2, -0.15) is 0 Å². The van der Waals surface area contributed by atoms with Gasteiger partial charge in [0.15, 0.2) is 0 Å². The van der Waals surface area contributed by atoms with E-state index in [4.69, 9.17) is 0 Å². The Balaban J connectivity index is 0.973. The highest BCUT2D eigenvalue weighted by Crippen LogP contribution is 2.62. The van der Waals surface area contributed by atoms with Crippen LogP contribution in [-0.4, -0.2) is 4.57 Å². The Hall–Kier alpha value is -8.98. The smallest absolute Gasteiger partial charge is 0.0754 e. The second-order valence-electron chi connectivity index (χ2n) is 21.1. The van der Waals surface area contributed by atoms with Crippen molar-refractivity contribution in [3.8, 4) is 39.1 Å². The zero-order valence-corrected chi connectivity index (χ0v) is 40.6. The summed E-state index contributed by atoms with van der Waals surface area (Å²) in [5.41, 5.74) is 26.9. The second-order valence-corrected chi connectivity index (χ2v) is 21.1. The molecule has 4 aliphatic rings. The number of aromatic nitrogens is 1. The third kappa shape index (κ3) is 5.08. The first-order valence-electron chi connectivity index (χ1n) is 25.8. The van der Waals surface area contributed by atoms with E-state index >= 15 is 0 Å². The summed E-state index contributed by atoms with van der Waals surface area (Å²) in [4.78, 5) is 2.54. The Kier molecular flexibility index (Phi) is 8.12. The Bertz CT molecular complexity index is 4220. The molecular weight excluding hydrogens is 881 g/mol. The molecule has 3 aliphatic carbocycles. The first kappa shape index (κ1) is 40.7. The number of benzene rings is 11. The summed E-state index contributed by atoms with van der Waals surface area (Å²) in [7, 11) is 0. The van der Waals surface area contributed by atoms with Crippen LogP contribution in [0.3, 0.4) is 0 Å². The second kappa shape index (κ2) is 14.6. The average Bonchev–Trinajstić information content (AvgIpc) is 4.13. The van der Waals surface area contributed by atoms with Gasteiger partial charge in [-0.15, -0.1) is 0 Å². The molecule has 1 aromatic heterocycles. The molecule has 1 spiro atoms. The van der Waals surface area contributed by atoms with Crippen molar-refractivity contribution in [3.63, 3.8) is 0 Å². The van der Waals surface area contributed by atoms with E-state index in [1.807, 2.05) is 0 Å². The maximum atomic E-state index is 2.56. The molecule has 0 unspecified atom stereocenters. The Morgan fingerprint density at radius 2 is 0.740 bits per heavy atom. The van der Waals surface area contributed by atoms with Crippen LogP contribution in [0.5, 0.6) is 0 Å². The predicted octanol–water partition coefficient (Wildman–Crippen LogP) is 17.6. The highest BCUT2D eigenvalue weighted by molar-refractivity contribution is 6.14.